The zero-order chi connectivity index (χ0) is 98.6. The SMILES string of the molecule is CCc1cc(C)cc(CC)c1Nc1ccc(Nc2c(CC)cc(C)cc2CC)c2c1C(=O)c1c(O)ccc(O)c1C2=O.CCc1cc(C)cc(CC)c1Nc1ccc(Nc2c(CC)cc(C)cc2CC)c2c1C(=O)c1ccccc1C2=O.Cc1ccc(Nc2ccc(O)c3c2C(=O)c2ccccc2C3=O)cc1.Cc1ccc(Nc2cccc3c2C(=O)c2cccc(Nc4ccc(C)cc4)c2C3=O)cc1. The third-order valence-corrected chi connectivity index (χ3v) is 26.3. The summed E-state index contributed by atoms with van der Waals surface area (Å²) in [7, 11) is 0. The number of anilines is 14. The Morgan fingerprint density at radius 3 is 0.619 bits per heavy atom. The molecule has 0 aromatic heterocycles. The van der Waals surface area contributed by atoms with Gasteiger partial charge in [-0.05, 0) is 241 Å². The minimum atomic E-state index is -0.516. The van der Waals surface area contributed by atoms with Crippen LogP contribution < -0.4 is 37.2 Å². The molecule has 15 aromatic carbocycles. The lowest BCUT2D eigenvalue weighted by atomic mass is 9.81. The van der Waals surface area contributed by atoms with E-state index in [9.17, 15) is 53.7 Å². The van der Waals surface area contributed by atoms with Crippen LogP contribution in [0, 0.1) is 48.5 Å². The summed E-state index contributed by atoms with van der Waals surface area (Å²) in [6, 6.07) is 78.5. The fourth-order valence-corrected chi connectivity index (χ4v) is 19.3. The van der Waals surface area contributed by atoms with Gasteiger partial charge in [-0.2, -0.15) is 0 Å². The predicted octanol–water partition coefficient (Wildman–Crippen LogP) is 27.8. The average molecular weight is 1840 g/mol. The average Bonchev–Trinajstić information content (AvgIpc) is 0.727. The van der Waals surface area contributed by atoms with Crippen LogP contribution in [-0.4, -0.2) is 61.6 Å². The van der Waals surface area contributed by atoms with Gasteiger partial charge in [0.15, 0.2) is 34.7 Å². The van der Waals surface area contributed by atoms with Crippen molar-refractivity contribution in [1.29, 1.82) is 0 Å². The lowest BCUT2D eigenvalue weighted by Gasteiger charge is -2.27. The van der Waals surface area contributed by atoms with Crippen LogP contribution >= 0.6 is 0 Å². The lowest BCUT2D eigenvalue weighted by molar-refractivity contribution is 0.0975. The first-order chi connectivity index (χ1) is 67.0. The molecule has 4 aliphatic carbocycles. The number of rotatable bonds is 22. The van der Waals surface area contributed by atoms with E-state index < -0.39 is 11.6 Å². The van der Waals surface area contributed by atoms with Crippen molar-refractivity contribution in [3.63, 3.8) is 0 Å². The van der Waals surface area contributed by atoms with Crippen LogP contribution in [0.2, 0.25) is 0 Å². The van der Waals surface area contributed by atoms with E-state index in [0.717, 1.165) is 141 Å². The molecule has 19 rings (SSSR count). The van der Waals surface area contributed by atoms with Crippen LogP contribution in [0.25, 0.3) is 0 Å². The summed E-state index contributed by atoms with van der Waals surface area (Å²) >= 11 is 0. The van der Waals surface area contributed by atoms with Crippen LogP contribution in [0.5, 0.6) is 17.2 Å². The summed E-state index contributed by atoms with van der Waals surface area (Å²) < 4.78 is 0. The zero-order valence-corrected chi connectivity index (χ0v) is 81.0. The van der Waals surface area contributed by atoms with Gasteiger partial charge in [0.2, 0.25) is 11.6 Å². The number of ketones is 8. The molecule has 698 valence electrons. The summed E-state index contributed by atoms with van der Waals surface area (Å²) in [5, 5.41) is 55.7. The Balaban J connectivity index is 0.000000136. The molecule has 0 saturated heterocycles. The number of aryl methyl sites for hydroxylation is 15. The van der Waals surface area contributed by atoms with Gasteiger partial charge in [-0.3, -0.25) is 38.4 Å². The van der Waals surface area contributed by atoms with Gasteiger partial charge >= 0.3 is 0 Å². The molecule has 0 radical (unpaired) electrons. The molecule has 0 fully saturated rings. The molecular formula is C121H113N7O11. The smallest absolute Gasteiger partial charge is 0.200 e. The third-order valence-electron chi connectivity index (χ3n) is 26.3. The number of phenolic OH excluding ortho intramolecular Hbond substituents is 3. The van der Waals surface area contributed by atoms with E-state index in [4.69, 9.17) is 0 Å². The Kier molecular flexibility index (Phi) is 28.0. The highest BCUT2D eigenvalue weighted by atomic mass is 16.3. The Morgan fingerprint density at radius 1 is 0.180 bits per heavy atom. The summed E-state index contributed by atoms with van der Waals surface area (Å²) in [5.74, 6) is -3.07. The van der Waals surface area contributed by atoms with Crippen molar-refractivity contribution < 1.29 is 53.7 Å². The normalized spacial score (nSPS) is 12.3. The molecule has 18 nitrogen and oxygen atoms in total. The van der Waals surface area contributed by atoms with E-state index in [0.29, 0.717) is 95.4 Å². The fraction of sp³-hybridized carbons (Fsp3) is 0.190. The molecule has 0 aliphatic heterocycles. The van der Waals surface area contributed by atoms with Gasteiger partial charge in [0.1, 0.15) is 17.2 Å². The number of carbonyl (C=O) groups excluding carboxylic acids is 8. The molecule has 139 heavy (non-hydrogen) atoms. The van der Waals surface area contributed by atoms with E-state index in [-0.39, 0.29) is 85.3 Å². The molecule has 0 amide bonds. The van der Waals surface area contributed by atoms with Crippen LogP contribution in [0.3, 0.4) is 0 Å². The van der Waals surface area contributed by atoms with Crippen molar-refractivity contribution >= 4 is 126 Å². The van der Waals surface area contributed by atoms with Gasteiger partial charge in [0, 0.05) is 73.2 Å². The highest BCUT2D eigenvalue weighted by Crippen LogP contribution is 2.48. The summed E-state index contributed by atoms with van der Waals surface area (Å²) in [4.78, 5) is 109. The standard InChI is InChI=1S/C36H38N2O4.C36H38N2O2.C28H22N2O2.C21H15NO3/c1-7-21-15-19(5)16-22(8-2)33(21)37-25-11-12-26(38-34-23(9-3)17-20(6)18-24(34)10-4)30-29(25)35(41)31-27(39)13-14-28(40)32(31)36(30)42;1-7-23-17-21(5)18-24(8-2)33(23)37-29-15-16-30(38-34-25(9-3)19-22(6)20-26(34)10-4)32-31(29)35(39)27-13-11-12-14-28(27)36(32)40;1-17-9-13-19(14-10-17)29-23-7-3-5-21-25(23)27(31)22-6-4-8-24(26(22)28(21)32)30-20-15-11-18(2)12-16-20;1-12-6-8-13(9-7-12)22-16-10-11-17(23)19-18(16)20(24)14-4-2-3-5-15(14)21(19)25/h11-18,37-40H,7-10H2,1-6H3;11-20,37-38H,7-10H2,1-6H3;3-16,29-30H,1-2H3;2-11,22-23H,1H3. The molecule has 15 aromatic rings. The number of aromatic hydroxyl groups is 3. The van der Waals surface area contributed by atoms with Crippen molar-refractivity contribution in [1.82, 2.24) is 0 Å². The topological polar surface area (TPSA) is 281 Å². The first-order valence-corrected chi connectivity index (χ1v) is 47.7. The van der Waals surface area contributed by atoms with Gasteiger partial charge in [0.25, 0.3) is 0 Å². The first kappa shape index (κ1) is 95.8. The van der Waals surface area contributed by atoms with Gasteiger partial charge in [-0.25, -0.2) is 0 Å². The molecule has 0 atom stereocenters. The van der Waals surface area contributed by atoms with Gasteiger partial charge in [-0.1, -0.05) is 252 Å². The second kappa shape index (κ2) is 40.7. The van der Waals surface area contributed by atoms with Crippen LogP contribution in [0.4, 0.5) is 79.6 Å². The zero-order valence-electron chi connectivity index (χ0n) is 81.0. The minimum absolute atomic E-state index is 0.0563. The maximum Gasteiger partial charge on any atom is 0.200 e. The largest absolute Gasteiger partial charge is 0.507 e. The molecular weight excluding hydrogens is 1730 g/mol. The van der Waals surface area contributed by atoms with E-state index >= 15 is 0 Å². The Labute approximate surface area is 811 Å². The van der Waals surface area contributed by atoms with Crippen molar-refractivity contribution in [2.45, 2.75) is 155 Å². The molecule has 0 saturated carbocycles. The number of carbonyl (C=O) groups is 8. The minimum Gasteiger partial charge on any atom is -0.507 e. The highest BCUT2D eigenvalue weighted by molar-refractivity contribution is 6.36. The second-order valence-electron chi connectivity index (χ2n) is 35.9. The molecule has 0 heterocycles. The van der Waals surface area contributed by atoms with E-state index in [1.54, 1.807) is 54.6 Å². The Hall–Kier alpha value is -16.3. The van der Waals surface area contributed by atoms with Crippen molar-refractivity contribution in [2.75, 3.05) is 37.2 Å². The van der Waals surface area contributed by atoms with E-state index in [2.05, 4.69) is 169 Å². The second-order valence-corrected chi connectivity index (χ2v) is 35.9. The fourth-order valence-electron chi connectivity index (χ4n) is 19.3. The number of hydrogen-bond donors (Lipinski definition) is 10. The van der Waals surface area contributed by atoms with E-state index in [1.165, 1.54) is 51.6 Å². The van der Waals surface area contributed by atoms with Crippen LogP contribution in [0.15, 0.2) is 255 Å². The molecule has 18 heteroatoms. The lowest BCUT2D eigenvalue weighted by Crippen LogP contribution is -2.24. The Morgan fingerprint density at radius 2 is 0.367 bits per heavy atom. The molecule has 0 unspecified atom stereocenters. The Bertz CT molecular complexity index is 7070. The van der Waals surface area contributed by atoms with Crippen LogP contribution in [-0.2, 0) is 51.4 Å². The molecule has 0 spiro atoms. The highest BCUT2D eigenvalue weighted by Gasteiger charge is 2.41. The number of phenols is 3. The third kappa shape index (κ3) is 18.9. The van der Waals surface area contributed by atoms with E-state index in [1.807, 2.05) is 154 Å². The molecule has 0 bridgehead atoms. The van der Waals surface area contributed by atoms with Gasteiger partial charge in [-0.15, -0.1) is 0 Å². The van der Waals surface area contributed by atoms with Crippen molar-refractivity contribution in [2.24, 2.45) is 0 Å². The van der Waals surface area contributed by atoms with Crippen molar-refractivity contribution in [3.05, 3.63) is 427 Å². The number of fused-ring (bicyclic) bond motifs is 8. The van der Waals surface area contributed by atoms with Gasteiger partial charge in [0.05, 0.1) is 95.4 Å². The molecule has 10 N–H and O–H groups in total. The quantitative estimate of drug-likeness (QED) is 0.0282. The van der Waals surface area contributed by atoms with Crippen LogP contribution in [0.1, 0.15) is 266 Å². The summed E-state index contributed by atoms with van der Waals surface area (Å²) in [6.45, 7) is 31.3. The monoisotopic (exact) mass is 1840 g/mol. The maximum atomic E-state index is 14.2. The summed E-state index contributed by atoms with van der Waals surface area (Å²) in [6.07, 6.45) is 6.60. The predicted molar refractivity (Wildman–Crippen MR) is 560 cm³/mol. The van der Waals surface area contributed by atoms with Crippen molar-refractivity contribution in [3.8, 4) is 17.2 Å². The number of nitrogens with one attached hydrogen (secondary N) is 7. The maximum absolute atomic E-state index is 14.2. The number of benzene rings is 15. The number of hydrogen-bond acceptors (Lipinski definition) is 18. The first-order valence-electron chi connectivity index (χ1n) is 47.7. The molecule has 4 aliphatic rings. The summed E-state index contributed by atoms with van der Waals surface area (Å²) in [5.41, 5.74) is 32.2. The van der Waals surface area contributed by atoms with Gasteiger partial charge < -0.3 is 52.5 Å².